The first-order valence-corrected chi connectivity index (χ1v) is 12.1. The molecule has 0 aromatic heterocycles. The molecule has 3 aromatic rings. The first kappa shape index (κ1) is 25.1. The normalized spacial score (nSPS) is 11.1. The van der Waals surface area contributed by atoms with Crippen LogP contribution in [0.5, 0.6) is 17.2 Å². The molecule has 8 heteroatoms. The van der Waals surface area contributed by atoms with E-state index in [0.717, 1.165) is 15.4 Å². The second kappa shape index (κ2) is 10.6. The summed E-state index contributed by atoms with van der Waals surface area (Å²) in [5.74, 6) is 1.01. The highest BCUT2D eigenvalue weighted by Gasteiger charge is 2.28. The number of hydrogen-bond acceptors (Lipinski definition) is 6. The maximum absolute atomic E-state index is 13.7. The van der Waals surface area contributed by atoms with Crippen LogP contribution >= 0.6 is 0 Å². The van der Waals surface area contributed by atoms with E-state index < -0.39 is 10.0 Å². The van der Waals surface area contributed by atoms with Crippen LogP contribution in [0.15, 0.2) is 65.6 Å². The van der Waals surface area contributed by atoms with Gasteiger partial charge in [-0.1, -0.05) is 35.4 Å². The van der Waals surface area contributed by atoms with E-state index in [0.29, 0.717) is 22.7 Å². The van der Waals surface area contributed by atoms with Gasteiger partial charge in [0, 0.05) is 18.1 Å². The van der Waals surface area contributed by atoms with Gasteiger partial charge < -0.3 is 14.2 Å². The number of hydrogen-bond donors (Lipinski definition) is 0. The lowest BCUT2D eigenvalue weighted by Crippen LogP contribution is -2.36. The molecule has 0 fully saturated rings. The van der Waals surface area contributed by atoms with Crippen molar-refractivity contribution in [2.75, 3.05) is 32.2 Å². The number of aryl methyl sites for hydroxylation is 2. The number of sulfonamides is 1. The number of rotatable bonds is 10. The third kappa shape index (κ3) is 5.51. The van der Waals surface area contributed by atoms with Gasteiger partial charge in [-0.25, -0.2) is 8.42 Å². The fraction of sp³-hybridized carbons (Fsp3) is 0.269. The number of nitrogens with zero attached hydrogens (tertiary/aromatic N) is 1. The average molecular weight is 484 g/mol. The summed E-state index contributed by atoms with van der Waals surface area (Å²) in [6.07, 6.45) is 0.0364. The van der Waals surface area contributed by atoms with E-state index in [9.17, 15) is 13.2 Å². The van der Waals surface area contributed by atoms with E-state index in [1.165, 1.54) is 32.4 Å². The lowest BCUT2D eigenvalue weighted by Gasteiger charge is -2.25. The van der Waals surface area contributed by atoms with Crippen LogP contribution in [-0.4, -0.2) is 42.1 Å². The number of ketones is 1. The summed E-state index contributed by atoms with van der Waals surface area (Å²) in [7, 11) is 0.361. The van der Waals surface area contributed by atoms with Crippen molar-refractivity contribution in [3.05, 3.63) is 77.4 Å². The molecule has 0 atom stereocenters. The molecule has 0 radical (unpaired) electrons. The Morgan fingerprint density at radius 1 is 0.765 bits per heavy atom. The molecule has 180 valence electrons. The Balaban J connectivity index is 2.00. The van der Waals surface area contributed by atoms with Gasteiger partial charge in [0.05, 0.1) is 38.5 Å². The van der Waals surface area contributed by atoms with Crippen molar-refractivity contribution in [2.45, 2.75) is 25.2 Å². The maximum atomic E-state index is 13.7. The Hall–Kier alpha value is -3.52. The lowest BCUT2D eigenvalue weighted by molar-refractivity contribution is -0.117. The third-order valence-corrected chi connectivity index (χ3v) is 7.18. The van der Waals surface area contributed by atoms with Crippen LogP contribution in [0.4, 0.5) is 5.69 Å². The van der Waals surface area contributed by atoms with Gasteiger partial charge in [-0.3, -0.25) is 9.10 Å². The Labute approximate surface area is 200 Å². The number of methoxy groups -OCH3 is 3. The first-order valence-electron chi connectivity index (χ1n) is 10.7. The highest BCUT2D eigenvalue weighted by Crippen LogP contribution is 2.32. The van der Waals surface area contributed by atoms with E-state index >= 15 is 0 Å². The van der Waals surface area contributed by atoms with Crippen LogP contribution in [0.1, 0.15) is 16.7 Å². The Morgan fingerprint density at radius 3 is 1.97 bits per heavy atom. The number of anilines is 1. The minimum Gasteiger partial charge on any atom is -0.496 e. The zero-order valence-electron chi connectivity index (χ0n) is 20.0. The topological polar surface area (TPSA) is 82.1 Å². The number of ether oxygens (including phenoxy) is 3. The molecule has 34 heavy (non-hydrogen) atoms. The van der Waals surface area contributed by atoms with E-state index in [4.69, 9.17) is 14.2 Å². The van der Waals surface area contributed by atoms with Crippen molar-refractivity contribution in [3.8, 4) is 17.2 Å². The van der Waals surface area contributed by atoms with Crippen molar-refractivity contribution >= 4 is 21.5 Å². The molecule has 0 amide bonds. The zero-order chi connectivity index (χ0) is 24.9. The molecule has 0 aliphatic heterocycles. The highest BCUT2D eigenvalue weighted by atomic mass is 32.2. The predicted molar refractivity (Wildman–Crippen MR) is 132 cm³/mol. The van der Waals surface area contributed by atoms with E-state index in [-0.39, 0.29) is 29.4 Å². The van der Waals surface area contributed by atoms with Gasteiger partial charge in [-0.15, -0.1) is 0 Å². The fourth-order valence-electron chi connectivity index (χ4n) is 3.60. The molecule has 0 aliphatic rings. The molecule has 0 unspecified atom stereocenters. The van der Waals surface area contributed by atoms with Gasteiger partial charge in [0.15, 0.2) is 17.3 Å². The van der Waals surface area contributed by atoms with Crippen LogP contribution in [0.2, 0.25) is 0 Å². The van der Waals surface area contributed by atoms with Crippen molar-refractivity contribution in [1.82, 2.24) is 0 Å². The summed E-state index contributed by atoms with van der Waals surface area (Å²) in [5, 5.41) is 0. The summed E-state index contributed by atoms with van der Waals surface area (Å²) >= 11 is 0. The van der Waals surface area contributed by atoms with Crippen molar-refractivity contribution in [1.29, 1.82) is 0 Å². The number of carbonyl (C=O) groups excluding carboxylic acids is 1. The molecule has 0 spiro atoms. The molecule has 0 N–H and O–H groups in total. The van der Waals surface area contributed by atoms with Gasteiger partial charge in [-0.2, -0.15) is 0 Å². The molecule has 0 aliphatic carbocycles. The quantitative estimate of drug-likeness (QED) is 0.427. The lowest BCUT2D eigenvalue weighted by atomic mass is 10.0. The van der Waals surface area contributed by atoms with E-state index in [2.05, 4.69) is 0 Å². The first-order chi connectivity index (χ1) is 16.2. The monoisotopic (exact) mass is 483 g/mol. The predicted octanol–water partition coefficient (Wildman–Crippen LogP) is 4.34. The van der Waals surface area contributed by atoms with Crippen molar-refractivity contribution < 1.29 is 27.4 Å². The molecule has 0 heterocycles. The largest absolute Gasteiger partial charge is 0.496 e. The van der Waals surface area contributed by atoms with E-state index in [1.807, 2.05) is 26.0 Å². The number of benzene rings is 3. The van der Waals surface area contributed by atoms with Crippen molar-refractivity contribution in [2.24, 2.45) is 0 Å². The van der Waals surface area contributed by atoms with Crippen LogP contribution < -0.4 is 18.5 Å². The molecule has 7 nitrogen and oxygen atoms in total. The molecule has 3 aromatic carbocycles. The smallest absolute Gasteiger partial charge is 0.264 e. The summed E-state index contributed by atoms with van der Waals surface area (Å²) in [5.41, 5.74) is 3.06. The molecule has 3 rings (SSSR count). The van der Waals surface area contributed by atoms with Gasteiger partial charge in [0.2, 0.25) is 0 Å². The molecule has 0 saturated heterocycles. The van der Waals surface area contributed by atoms with Gasteiger partial charge >= 0.3 is 0 Å². The summed E-state index contributed by atoms with van der Waals surface area (Å²) in [4.78, 5) is 13.1. The second-order valence-electron chi connectivity index (χ2n) is 7.89. The average Bonchev–Trinajstić information content (AvgIpc) is 2.82. The molecular formula is C26H29NO6S. The van der Waals surface area contributed by atoms with Gasteiger partial charge in [-0.05, 0) is 44.2 Å². The molecular weight excluding hydrogens is 454 g/mol. The van der Waals surface area contributed by atoms with E-state index in [1.54, 1.807) is 37.4 Å². The zero-order valence-corrected chi connectivity index (χ0v) is 20.8. The minimum absolute atomic E-state index is 0.00772. The number of carbonyl (C=O) groups is 1. The van der Waals surface area contributed by atoms with Crippen LogP contribution in [0, 0.1) is 13.8 Å². The molecule has 0 saturated carbocycles. The summed E-state index contributed by atoms with van der Waals surface area (Å²) < 4.78 is 44.4. The number of Topliss-reactive ketones (excluding diaryl/α,β-unsaturated/α-hetero) is 1. The Morgan fingerprint density at radius 2 is 1.35 bits per heavy atom. The highest BCUT2D eigenvalue weighted by molar-refractivity contribution is 7.92. The third-order valence-electron chi connectivity index (χ3n) is 5.41. The van der Waals surface area contributed by atoms with Crippen LogP contribution in [0.25, 0.3) is 0 Å². The van der Waals surface area contributed by atoms with Crippen LogP contribution in [0.3, 0.4) is 0 Å². The second-order valence-corrected chi connectivity index (χ2v) is 9.76. The Bertz CT molecular complexity index is 1270. The fourth-order valence-corrected chi connectivity index (χ4v) is 5.07. The summed E-state index contributed by atoms with van der Waals surface area (Å²) in [6.45, 7) is 3.50. The summed E-state index contributed by atoms with van der Waals surface area (Å²) in [6, 6.07) is 16.9. The SMILES string of the molecule is COc1ccc(C)cc1CC(=O)CN(c1ccc(C)cc1)S(=O)(=O)c1ccc(OC)c(OC)c1. The van der Waals surface area contributed by atoms with Gasteiger partial charge in [0.25, 0.3) is 10.0 Å². The van der Waals surface area contributed by atoms with Gasteiger partial charge in [0.1, 0.15) is 5.75 Å². The standard InChI is InChI=1S/C26H29NO6S/c1-18-6-9-21(10-7-18)27(17-22(28)15-20-14-19(2)8-12-24(20)31-3)34(29,30)23-11-13-25(32-4)26(16-23)33-5/h6-14,16H,15,17H2,1-5H3. The maximum Gasteiger partial charge on any atom is 0.264 e. The Kier molecular flexibility index (Phi) is 7.83. The van der Waals surface area contributed by atoms with Crippen LogP contribution in [-0.2, 0) is 21.2 Å². The van der Waals surface area contributed by atoms with Crippen molar-refractivity contribution in [3.63, 3.8) is 0 Å². The molecule has 0 bridgehead atoms. The minimum atomic E-state index is -4.09.